The van der Waals surface area contributed by atoms with Gasteiger partial charge in [-0.1, -0.05) is 33.1 Å². The highest BCUT2D eigenvalue weighted by Crippen LogP contribution is 2.25. The van der Waals surface area contributed by atoms with Gasteiger partial charge in [-0.05, 0) is 58.2 Å². The molecule has 1 unspecified atom stereocenters. The Balaban J connectivity index is 2.11. The topological polar surface area (TPSA) is 68.8 Å². The van der Waals surface area contributed by atoms with Gasteiger partial charge in [-0.25, -0.2) is 0 Å². The molecule has 1 saturated carbocycles. The van der Waals surface area contributed by atoms with Crippen molar-refractivity contribution in [1.29, 1.82) is 0 Å². The molecule has 0 bridgehead atoms. The van der Waals surface area contributed by atoms with Crippen molar-refractivity contribution < 1.29 is 4.79 Å². The first-order valence-corrected chi connectivity index (χ1v) is 11.0. The highest BCUT2D eigenvalue weighted by molar-refractivity contribution is 5.80. The van der Waals surface area contributed by atoms with E-state index in [1.54, 1.807) is 7.05 Å². The summed E-state index contributed by atoms with van der Waals surface area (Å²) in [5, 5.41) is 9.77. The van der Waals surface area contributed by atoms with E-state index in [4.69, 9.17) is 0 Å². The molecule has 3 N–H and O–H groups in total. The molecular formula is C21H43N5O. The van der Waals surface area contributed by atoms with Gasteiger partial charge in [0, 0.05) is 32.6 Å². The van der Waals surface area contributed by atoms with Crippen molar-refractivity contribution in [3.63, 3.8) is 0 Å². The molecule has 1 atom stereocenters. The van der Waals surface area contributed by atoms with Gasteiger partial charge in [-0.15, -0.1) is 0 Å². The summed E-state index contributed by atoms with van der Waals surface area (Å²) in [5.41, 5.74) is 0. The van der Waals surface area contributed by atoms with Crippen LogP contribution >= 0.6 is 0 Å². The Morgan fingerprint density at radius 2 is 1.78 bits per heavy atom. The number of amides is 1. The van der Waals surface area contributed by atoms with Gasteiger partial charge in [0.1, 0.15) is 0 Å². The molecule has 0 heterocycles. The summed E-state index contributed by atoms with van der Waals surface area (Å²) >= 11 is 0. The summed E-state index contributed by atoms with van der Waals surface area (Å²) in [6.45, 7) is 11.3. The molecule has 1 amide bonds. The van der Waals surface area contributed by atoms with E-state index in [2.05, 4.69) is 46.6 Å². The highest BCUT2D eigenvalue weighted by Gasteiger charge is 2.16. The van der Waals surface area contributed by atoms with Crippen LogP contribution in [0.3, 0.4) is 0 Å². The van der Waals surface area contributed by atoms with Crippen molar-refractivity contribution in [2.75, 3.05) is 39.8 Å². The Bertz CT molecular complexity index is 417. The molecule has 0 aliphatic heterocycles. The fourth-order valence-electron chi connectivity index (χ4n) is 3.77. The number of hydrogen-bond donors (Lipinski definition) is 3. The predicted octanol–water partition coefficient (Wildman–Crippen LogP) is 2.75. The first-order valence-electron chi connectivity index (χ1n) is 11.0. The summed E-state index contributed by atoms with van der Waals surface area (Å²) < 4.78 is 0. The first-order chi connectivity index (χ1) is 13.1. The molecule has 6 heteroatoms. The molecule has 27 heavy (non-hydrogen) atoms. The summed E-state index contributed by atoms with van der Waals surface area (Å²) in [6, 6.07) is 0.382. The minimum Gasteiger partial charge on any atom is -0.355 e. The van der Waals surface area contributed by atoms with Gasteiger partial charge in [-0.3, -0.25) is 9.79 Å². The second kappa shape index (κ2) is 14.7. The zero-order chi connectivity index (χ0) is 19.9. The third kappa shape index (κ3) is 11.2. The van der Waals surface area contributed by atoms with E-state index in [1.165, 1.54) is 38.5 Å². The zero-order valence-electron chi connectivity index (χ0n) is 18.1. The van der Waals surface area contributed by atoms with Crippen LogP contribution in [0.2, 0.25) is 0 Å². The number of nitrogens with zero attached hydrogens (tertiary/aromatic N) is 2. The van der Waals surface area contributed by atoms with Crippen molar-refractivity contribution in [1.82, 2.24) is 20.9 Å². The van der Waals surface area contributed by atoms with Gasteiger partial charge >= 0.3 is 0 Å². The van der Waals surface area contributed by atoms with Gasteiger partial charge in [0.2, 0.25) is 5.91 Å². The molecule has 0 aromatic heterocycles. The molecule has 0 radical (unpaired) electrons. The van der Waals surface area contributed by atoms with E-state index in [0.717, 1.165) is 32.0 Å². The van der Waals surface area contributed by atoms with Crippen LogP contribution in [0.4, 0.5) is 0 Å². The van der Waals surface area contributed by atoms with Crippen LogP contribution in [0.25, 0.3) is 0 Å². The summed E-state index contributed by atoms with van der Waals surface area (Å²) in [5.74, 6) is 1.60. The van der Waals surface area contributed by atoms with Crippen molar-refractivity contribution in [3.8, 4) is 0 Å². The van der Waals surface area contributed by atoms with E-state index in [-0.39, 0.29) is 5.91 Å². The molecular weight excluding hydrogens is 338 g/mol. The first kappa shape index (κ1) is 23.7. The van der Waals surface area contributed by atoms with Gasteiger partial charge in [0.25, 0.3) is 0 Å². The van der Waals surface area contributed by atoms with Gasteiger partial charge in [0.05, 0.1) is 0 Å². The Morgan fingerprint density at radius 1 is 1.11 bits per heavy atom. The Morgan fingerprint density at radius 3 is 2.41 bits per heavy atom. The second-order valence-electron chi connectivity index (χ2n) is 7.77. The van der Waals surface area contributed by atoms with Crippen LogP contribution in [0, 0.1) is 5.92 Å². The molecule has 1 aliphatic carbocycles. The summed E-state index contributed by atoms with van der Waals surface area (Å²) in [7, 11) is 1.79. The number of hydrogen-bond acceptors (Lipinski definition) is 3. The zero-order valence-corrected chi connectivity index (χ0v) is 18.1. The number of carbonyl (C=O) groups is 1. The minimum atomic E-state index is 0.191. The lowest BCUT2D eigenvalue weighted by Gasteiger charge is -2.22. The maximum atomic E-state index is 12.0. The number of carbonyl (C=O) groups excluding carboxylic acids is 1. The van der Waals surface area contributed by atoms with Crippen molar-refractivity contribution in [2.24, 2.45) is 10.9 Å². The van der Waals surface area contributed by atoms with Gasteiger partial charge < -0.3 is 20.9 Å². The largest absolute Gasteiger partial charge is 0.355 e. The number of guanidine groups is 1. The average Bonchev–Trinajstić information content (AvgIpc) is 2.68. The third-order valence-electron chi connectivity index (χ3n) is 5.55. The van der Waals surface area contributed by atoms with Gasteiger partial charge in [-0.2, -0.15) is 0 Å². The molecule has 6 nitrogen and oxygen atoms in total. The molecule has 1 rings (SSSR count). The SMILES string of the molecule is CCN(CC)CCCC(C)NC(=NC)NCCNC(=O)CC1CCCCC1. The third-order valence-corrected chi connectivity index (χ3v) is 5.55. The van der Waals surface area contributed by atoms with Crippen molar-refractivity contribution >= 4 is 11.9 Å². The van der Waals surface area contributed by atoms with E-state index >= 15 is 0 Å². The quantitative estimate of drug-likeness (QED) is 0.276. The molecule has 0 spiro atoms. The van der Waals surface area contributed by atoms with Crippen LogP contribution < -0.4 is 16.0 Å². The van der Waals surface area contributed by atoms with Crippen LogP contribution in [-0.2, 0) is 4.79 Å². The maximum absolute atomic E-state index is 12.0. The standard InChI is InChI=1S/C21H43N5O/c1-5-26(6-2)16-10-11-18(3)25-21(22-4)24-15-14-23-20(27)17-19-12-8-7-9-13-19/h18-19H,5-17H2,1-4H3,(H,23,27)(H2,22,24,25). The molecule has 1 fully saturated rings. The fourth-order valence-corrected chi connectivity index (χ4v) is 3.77. The fraction of sp³-hybridized carbons (Fsp3) is 0.905. The number of aliphatic imine (C=N–C) groups is 1. The molecule has 0 aromatic carbocycles. The lowest BCUT2D eigenvalue weighted by atomic mass is 9.87. The minimum absolute atomic E-state index is 0.191. The number of rotatable bonds is 12. The van der Waals surface area contributed by atoms with E-state index in [0.29, 0.717) is 31.5 Å². The van der Waals surface area contributed by atoms with Crippen LogP contribution in [-0.4, -0.2) is 62.6 Å². The monoisotopic (exact) mass is 381 g/mol. The Labute approximate surface area is 166 Å². The van der Waals surface area contributed by atoms with Crippen molar-refractivity contribution in [2.45, 2.75) is 78.2 Å². The Kier molecular flexibility index (Phi) is 12.9. The predicted molar refractivity (Wildman–Crippen MR) is 115 cm³/mol. The lowest BCUT2D eigenvalue weighted by molar-refractivity contribution is -0.122. The highest BCUT2D eigenvalue weighted by atomic mass is 16.1. The smallest absolute Gasteiger partial charge is 0.220 e. The normalized spacial score (nSPS) is 17.0. The molecule has 158 valence electrons. The van der Waals surface area contributed by atoms with Crippen LogP contribution in [0.15, 0.2) is 4.99 Å². The maximum Gasteiger partial charge on any atom is 0.220 e. The lowest BCUT2D eigenvalue weighted by Crippen LogP contribution is -2.45. The summed E-state index contributed by atoms with van der Waals surface area (Å²) in [6.07, 6.45) is 9.34. The van der Waals surface area contributed by atoms with Crippen LogP contribution in [0.1, 0.15) is 72.1 Å². The van der Waals surface area contributed by atoms with Crippen molar-refractivity contribution in [3.05, 3.63) is 0 Å². The second-order valence-corrected chi connectivity index (χ2v) is 7.77. The summed E-state index contributed by atoms with van der Waals surface area (Å²) in [4.78, 5) is 18.8. The van der Waals surface area contributed by atoms with Crippen LogP contribution in [0.5, 0.6) is 0 Å². The van der Waals surface area contributed by atoms with E-state index < -0.39 is 0 Å². The number of nitrogens with one attached hydrogen (secondary N) is 3. The molecule has 0 aromatic rings. The van der Waals surface area contributed by atoms with E-state index in [9.17, 15) is 4.79 Å². The van der Waals surface area contributed by atoms with Gasteiger partial charge in [0.15, 0.2) is 5.96 Å². The van der Waals surface area contributed by atoms with E-state index in [1.807, 2.05) is 0 Å². The molecule has 1 aliphatic rings. The average molecular weight is 382 g/mol. The Hall–Kier alpha value is -1.30. The molecule has 0 saturated heterocycles.